The minimum atomic E-state index is -4.23. The SMILES string of the molecule is CCNC(=O)C(CC)N(Cc1c(Cl)cccc1Cl)C(=O)CN(c1cc(C)ccc1OC)S(=O)(=O)c1ccccc1. The second-order valence-electron chi connectivity index (χ2n) is 9.04. The van der Waals surface area contributed by atoms with Crippen molar-refractivity contribution in [2.24, 2.45) is 0 Å². The largest absolute Gasteiger partial charge is 0.495 e. The zero-order chi connectivity index (χ0) is 29.4. The Hall–Kier alpha value is -3.27. The molecule has 3 aromatic carbocycles. The molecule has 0 aromatic heterocycles. The second-order valence-corrected chi connectivity index (χ2v) is 11.7. The highest BCUT2D eigenvalue weighted by Gasteiger charge is 2.35. The number of methoxy groups -OCH3 is 1. The van der Waals surface area contributed by atoms with E-state index < -0.39 is 28.5 Å². The molecular formula is C29H33Cl2N3O5S. The number of hydrogen-bond donors (Lipinski definition) is 1. The fourth-order valence-corrected chi connectivity index (χ4v) is 6.25. The van der Waals surface area contributed by atoms with Gasteiger partial charge in [0.25, 0.3) is 10.0 Å². The number of sulfonamides is 1. The van der Waals surface area contributed by atoms with Gasteiger partial charge in [-0.25, -0.2) is 8.42 Å². The third-order valence-electron chi connectivity index (χ3n) is 6.34. The molecule has 0 heterocycles. The summed E-state index contributed by atoms with van der Waals surface area (Å²) in [5.74, 6) is -0.710. The van der Waals surface area contributed by atoms with Crippen molar-refractivity contribution >= 4 is 50.7 Å². The lowest BCUT2D eigenvalue weighted by Crippen LogP contribution is -2.52. The Morgan fingerprint density at radius 3 is 2.20 bits per heavy atom. The molecule has 11 heteroatoms. The number of aryl methyl sites for hydroxylation is 1. The Kier molecular flexibility index (Phi) is 10.8. The number of benzene rings is 3. The quantitative estimate of drug-likeness (QED) is 0.296. The number of hydrogen-bond acceptors (Lipinski definition) is 5. The van der Waals surface area contributed by atoms with Gasteiger partial charge in [-0.05, 0) is 62.2 Å². The van der Waals surface area contributed by atoms with Crippen molar-refractivity contribution in [3.05, 3.63) is 87.9 Å². The first-order valence-corrected chi connectivity index (χ1v) is 15.0. The van der Waals surface area contributed by atoms with E-state index in [9.17, 15) is 18.0 Å². The van der Waals surface area contributed by atoms with Crippen LogP contribution >= 0.6 is 23.2 Å². The minimum absolute atomic E-state index is 0.00262. The summed E-state index contributed by atoms with van der Waals surface area (Å²) in [5, 5.41) is 3.41. The van der Waals surface area contributed by atoms with Gasteiger partial charge in [-0.15, -0.1) is 0 Å². The molecule has 0 saturated carbocycles. The molecule has 1 atom stereocenters. The predicted octanol–water partition coefficient (Wildman–Crippen LogP) is 5.45. The van der Waals surface area contributed by atoms with Crippen molar-refractivity contribution in [1.29, 1.82) is 0 Å². The summed E-state index contributed by atoms with van der Waals surface area (Å²) in [7, 11) is -2.80. The van der Waals surface area contributed by atoms with Crippen LogP contribution in [-0.2, 0) is 26.2 Å². The number of likely N-dealkylation sites (N-methyl/N-ethyl adjacent to an activating group) is 1. The number of halogens is 2. The molecule has 0 aliphatic carbocycles. The number of nitrogens with one attached hydrogen (secondary N) is 1. The van der Waals surface area contributed by atoms with Crippen LogP contribution < -0.4 is 14.4 Å². The van der Waals surface area contributed by atoms with Crippen molar-refractivity contribution < 1.29 is 22.7 Å². The number of anilines is 1. The molecule has 0 aliphatic rings. The molecule has 214 valence electrons. The smallest absolute Gasteiger partial charge is 0.264 e. The number of nitrogens with zero attached hydrogens (tertiary/aromatic N) is 2. The Bertz CT molecular complexity index is 1430. The zero-order valence-electron chi connectivity index (χ0n) is 22.9. The van der Waals surface area contributed by atoms with Crippen LogP contribution in [-0.4, -0.2) is 51.4 Å². The summed E-state index contributed by atoms with van der Waals surface area (Å²) in [4.78, 5) is 28.5. The second kappa shape index (κ2) is 13.9. The first-order chi connectivity index (χ1) is 19.0. The Morgan fingerprint density at radius 1 is 0.975 bits per heavy atom. The van der Waals surface area contributed by atoms with Gasteiger partial charge in [-0.1, -0.05) is 60.5 Å². The third kappa shape index (κ3) is 7.08. The maximum atomic E-state index is 14.1. The van der Waals surface area contributed by atoms with Crippen molar-refractivity contribution in [1.82, 2.24) is 10.2 Å². The molecule has 1 N–H and O–H groups in total. The highest BCUT2D eigenvalue weighted by atomic mass is 35.5. The molecule has 40 heavy (non-hydrogen) atoms. The van der Waals surface area contributed by atoms with Gasteiger partial charge in [-0.2, -0.15) is 0 Å². The maximum absolute atomic E-state index is 14.1. The fraction of sp³-hybridized carbons (Fsp3) is 0.310. The van der Waals surface area contributed by atoms with Gasteiger partial charge in [0.15, 0.2) is 0 Å². The topological polar surface area (TPSA) is 96.0 Å². The molecule has 8 nitrogen and oxygen atoms in total. The van der Waals surface area contributed by atoms with Crippen molar-refractivity contribution in [3.8, 4) is 5.75 Å². The molecule has 0 spiro atoms. The first kappa shape index (κ1) is 31.3. The Morgan fingerprint density at radius 2 is 1.62 bits per heavy atom. The molecule has 0 fully saturated rings. The molecule has 0 saturated heterocycles. The molecule has 3 rings (SSSR count). The minimum Gasteiger partial charge on any atom is -0.495 e. The average Bonchev–Trinajstić information content (AvgIpc) is 2.93. The number of ether oxygens (including phenoxy) is 1. The van der Waals surface area contributed by atoms with Gasteiger partial charge >= 0.3 is 0 Å². The lowest BCUT2D eigenvalue weighted by Gasteiger charge is -2.33. The standard InChI is InChI=1S/C29H33Cl2N3O5S/c1-5-25(29(36)32-6-2)33(18-22-23(30)13-10-14-24(22)31)28(35)19-34(26-17-20(3)15-16-27(26)39-4)40(37,38)21-11-8-7-9-12-21/h7-17,25H,5-6,18-19H2,1-4H3,(H,32,36). The molecule has 3 aromatic rings. The van der Waals surface area contributed by atoms with Crippen LogP contribution in [0.5, 0.6) is 5.75 Å². The molecule has 0 radical (unpaired) electrons. The van der Waals surface area contributed by atoms with E-state index in [4.69, 9.17) is 27.9 Å². The molecular weight excluding hydrogens is 573 g/mol. The lowest BCUT2D eigenvalue weighted by molar-refractivity contribution is -0.140. The van der Waals surface area contributed by atoms with E-state index in [1.165, 1.54) is 24.1 Å². The van der Waals surface area contributed by atoms with Crippen LogP contribution in [0.1, 0.15) is 31.4 Å². The van der Waals surface area contributed by atoms with Gasteiger partial charge < -0.3 is 15.0 Å². The molecule has 2 amide bonds. The summed E-state index contributed by atoms with van der Waals surface area (Å²) in [5.41, 5.74) is 1.42. The van der Waals surface area contributed by atoms with Crippen LogP contribution in [0.4, 0.5) is 5.69 Å². The van der Waals surface area contributed by atoms with E-state index in [-0.39, 0.29) is 35.2 Å². The Labute approximate surface area is 245 Å². The summed E-state index contributed by atoms with van der Waals surface area (Å²) in [6.07, 6.45) is 0.277. The predicted molar refractivity (Wildman–Crippen MR) is 158 cm³/mol. The van der Waals surface area contributed by atoms with Gasteiger partial charge in [0, 0.05) is 28.7 Å². The molecule has 1 unspecified atom stereocenters. The Balaban J connectivity index is 2.16. The van der Waals surface area contributed by atoms with Crippen LogP contribution in [0.2, 0.25) is 10.0 Å². The van der Waals surface area contributed by atoms with Crippen molar-refractivity contribution in [2.75, 3.05) is 24.5 Å². The zero-order valence-corrected chi connectivity index (χ0v) is 25.2. The van der Waals surface area contributed by atoms with Crippen molar-refractivity contribution in [3.63, 3.8) is 0 Å². The van der Waals surface area contributed by atoms with E-state index in [0.717, 1.165) is 9.87 Å². The number of rotatable bonds is 12. The van der Waals surface area contributed by atoms with E-state index >= 15 is 0 Å². The van der Waals surface area contributed by atoms with Gasteiger partial charge in [0.2, 0.25) is 11.8 Å². The number of carbonyl (C=O) groups is 2. The van der Waals surface area contributed by atoms with E-state index in [0.29, 0.717) is 22.2 Å². The van der Waals surface area contributed by atoms with Crippen LogP contribution in [0.25, 0.3) is 0 Å². The number of amides is 2. The molecule has 0 aliphatic heterocycles. The highest BCUT2D eigenvalue weighted by Crippen LogP contribution is 2.34. The normalized spacial score (nSPS) is 11.9. The van der Waals surface area contributed by atoms with Gasteiger partial charge in [0.05, 0.1) is 17.7 Å². The van der Waals surface area contributed by atoms with Gasteiger partial charge in [0.1, 0.15) is 18.3 Å². The highest BCUT2D eigenvalue weighted by molar-refractivity contribution is 7.92. The van der Waals surface area contributed by atoms with Crippen LogP contribution in [0.3, 0.4) is 0 Å². The maximum Gasteiger partial charge on any atom is 0.264 e. The summed E-state index contributed by atoms with van der Waals surface area (Å²) < 4.78 is 34.5. The van der Waals surface area contributed by atoms with E-state index in [1.807, 2.05) is 6.92 Å². The lowest BCUT2D eigenvalue weighted by atomic mass is 10.1. The van der Waals surface area contributed by atoms with Gasteiger partial charge in [-0.3, -0.25) is 13.9 Å². The van der Waals surface area contributed by atoms with E-state index in [2.05, 4.69) is 5.32 Å². The van der Waals surface area contributed by atoms with E-state index in [1.54, 1.807) is 68.4 Å². The van der Waals surface area contributed by atoms with Crippen LogP contribution in [0.15, 0.2) is 71.6 Å². The average molecular weight is 607 g/mol. The van der Waals surface area contributed by atoms with Crippen molar-refractivity contribution in [2.45, 2.75) is 44.7 Å². The summed E-state index contributed by atoms with van der Waals surface area (Å²) in [6.45, 7) is 5.02. The van der Waals surface area contributed by atoms with Crippen LogP contribution in [0, 0.1) is 6.92 Å². The monoisotopic (exact) mass is 605 g/mol. The number of carbonyl (C=O) groups excluding carboxylic acids is 2. The fourth-order valence-electron chi connectivity index (χ4n) is 4.29. The first-order valence-electron chi connectivity index (χ1n) is 12.8. The summed E-state index contributed by atoms with van der Waals surface area (Å²) >= 11 is 12.9. The summed E-state index contributed by atoms with van der Waals surface area (Å²) in [6, 6.07) is 17.0. The third-order valence-corrected chi connectivity index (χ3v) is 8.82. The molecule has 0 bridgehead atoms.